The maximum Gasteiger partial charge on any atom is 0.329 e. The summed E-state index contributed by atoms with van der Waals surface area (Å²) in [5.74, 6) is 0.203. The number of aromatic amines is 1. The quantitative estimate of drug-likeness (QED) is 0.505. The third-order valence-electron chi connectivity index (χ3n) is 2.21. The fourth-order valence-corrected chi connectivity index (χ4v) is 1.37. The highest BCUT2D eigenvalue weighted by Crippen LogP contribution is 2.26. The van der Waals surface area contributed by atoms with Crippen LogP contribution in [0.4, 0.5) is 11.5 Å². The lowest BCUT2D eigenvalue weighted by atomic mass is 10.4. The number of H-pyrrole nitrogens is 1. The SMILES string of the molecule is CN1c2c(n(C)c(=O)[nH]c2=O)[N]C1O. The lowest BCUT2D eigenvalue weighted by Crippen LogP contribution is -2.34. The van der Waals surface area contributed by atoms with Crippen LogP contribution in [-0.2, 0) is 7.05 Å². The molecule has 0 spiro atoms. The van der Waals surface area contributed by atoms with Gasteiger partial charge in [0.05, 0.1) is 0 Å². The highest BCUT2D eigenvalue weighted by atomic mass is 16.3. The number of fused-ring (bicyclic) bond motifs is 1. The predicted molar refractivity (Wildman–Crippen MR) is 48.5 cm³/mol. The molecule has 2 heterocycles. The van der Waals surface area contributed by atoms with Crippen molar-refractivity contribution in [1.29, 1.82) is 0 Å². The van der Waals surface area contributed by atoms with Gasteiger partial charge in [0.15, 0.2) is 5.82 Å². The van der Waals surface area contributed by atoms with Gasteiger partial charge in [-0.25, -0.2) is 10.1 Å². The minimum absolute atomic E-state index is 0.203. The summed E-state index contributed by atoms with van der Waals surface area (Å²) in [5, 5.41) is 13.1. The molecule has 2 N–H and O–H groups in total. The van der Waals surface area contributed by atoms with E-state index in [9.17, 15) is 14.7 Å². The van der Waals surface area contributed by atoms with Gasteiger partial charge in [-0.1, -0.05) is 0 Å². The second kappa shape index (κ2) is 2.61. The van der Waals surface area contributed by atoms with Gasteiger partial charge in [0, 0.05) is 14.1 Å². The smallest absolute Gasteiger partial charge is 0.329 e. The molecule has 0 amide bonds. The average molecular weight is 197 g/mol. The summed E-state index contributed by atoms with van der Waals surface area (Å²) >= 11 is 0. The highest BCUT2D eigenvalue weighted by molar-refractivity contribution is 5.65. The fourth-order valence-electron chi connectivity index (χ4n) is 1.37. The second-order valence-corrected chi connectivity index (χ2v) is 3.08. The van der Waals surface area contributed by atoms with Crippen molar-refractivity contribution < 1.29 is 5.11 Å². The molecule has 0 aliphatic carbocycles. The van der Waals surface area contributed by atoms with Crippen LogP contribution in [0.25, 0.3) is 0 Å². The van der Waals surface area contributed by atoms with Gasteiger partial charge in [0.25, 0.3) is 5.56 Å². The number of nitrogens with one attached hydrogen (secondary N) is 1. The van der Waals surface area contributed by atoms with Gasteiger partial charge in [-0.3, -0.25) is 14.3 Å². The Morgan fingerprint density at radius 2 is 2.07 bits per heavy atom. The molecule has 1 unspecified atom stereocenters. The lowest BCUT2D eigenvalue weighted by Gasteiger charge is -2.12. The van der Waals surface area contributed by atoms with E-state index in [1.54, 1.807) is 0 Å². The number of hydrogen-bond donors (Lipinski definition) is 2. The van der Waals surface area contributed by atoms with E-state index in [1.165, 1.54) is 23.6 Å². The molecular weight excluding hydrogens is 188 g/mol. The monoisotopic (exact) mass is 197 g/mol. The number of rotatable bonds is 0. The summed E-state index contributed by atoms with van der Waals surface area (Å²) in [6.07, 6.45) is -1.10. The number of aromatic nitrogens is 2. The van der Waals surface area contributed by atoms with E-state index < -0.39 is 17.6 Å². The Hall–Kier alpha value is -1.76. The Morgan fingerprint density at radius 3 is 2.71 bits per heavy atom. The van der Waals surface area contributed by atoms with Gasteiger partial charge >= 0.3 is 5.69 Å². The van der Waals surface area contributed by atoms with E-state index in [-0.39, 0.29) is 11.5 Å². The molecular formula is C7H9N4O3. The summed E-state index contributed by atoms with van der Waals surface area (Å²) in [7, 11) is 3.01. The van der Waals surface area contributed by atoms with Crippen LogP contribution < -0.4 is 21.5 Å². The molecule has 7 heteroatoms. The second-order valence-electron chi connectivity index (χ2n) is 3.08. The number of aliphatic hydroxyl groups excluding tert-OH is 1. The van der Waals surface area contributed by atoms with Gasteiger partial charge in [0.2, 0.25) is 6.35 Å². The van der Waals surface area contributed by atoms with Crippen LogP contribution in [0.3, 0.4) is 0 Å². The maximum absolute atomic E-state index is 11.4. The highest BCUT2D eigenvalue weighted by Gasteiger charge is 2.30. The van der Waals surface area contributed by atoms with Crippen molar-refractivity contribution in [2.24, 2.45) is 7.05 Å². The van der Waals surface area contributed by atoms with Crippen LogP contribution in [-0.4, -0.2) is 28.1 Å². The van der Waals surface area contributed by atoms with Crippen LogP contribution in [0.5, 0.6) is 0 Å². The van der Waals surface area contributed by atoms with Gasteiger partial charge in [-0.05, 0) is 0 Å². The average Bonchev–Trinajstić information content (AvgIpc) is 2.40. The maximum atomic E-state index is 11.4. The van der Waals surface area contributed by atoms with E-state index in [0.717, 1.165) is 0 Å². The molecule has 14 heavy (non-hydrogen) atoms. The Bertz CT molecular complexity index is 489. The minimum Gasteiger partial charge on any atom is -0.355 e. The molecule has 0 fully saturated rings. The van der Waals surface area contributed by atoms with Gasteiger partial charge in [0.1, 0.15) is 5.69 Å². The van der Waals surface area contributed by atoms with Crippen LogP contribution in [0.2, 0.25) is 0 Å². The lowest BCUT2D eigenvalue weighted by molar-refractivity contribution is 0.161. The molecule has 0 bridgehead atoms. The minimum atomic E-state index is -1.10. The normalized spacial score (nSPS) is 19.4. The number of hydrogen-bond acceptors (Lipinski definition) is 4. The fraction of sp³-hybridized carbons (Fsp3) is 0.429. The molecule has 1 aliphatic heterocycles. The Morgan fingerprint density at radius 1 is 1.43 bits per heavy atom. The third-order valence-corrected chi connectivity index (χ3v) is 2.21. The largest absolute Gasteiger partial charge is 0.355 e. The van der Waals surface area contributed by atoms with Crippen molar-refractivity contribution in [2.75, 3.05) is 11.9 Å². The summed E-state index contributed by atoms with van der Waals surface area (Å²) in [5.41, 5.74) is -0.870. The van der Waals surface area contributed by atoms with E-state index in [0.29, 0.717) is 0 Å². The van der Waals surface area contributed by atoms with Crippen LogP contribution in [0.1, 0.15) is 0 Å². The molecule has 1 aromatic heterocycles. The van der Waals surface area contributed by atoms with Gasteiger partial charge in [-0.15, -0.1) is 0 Å². The first-order valence-electron chi connectivity index (χ1n) is 3.97. The van der Waals surface area contributed by atoms with Crippen molar-refractivity contribution in [3.8, 4) is 0 Å². The van der Waals surface area contributed by atoms with Crippen LogP contribution in [0.15, 0.2) is 9.59 Å². The molecule has 0 aromatic carbocycles. The van der Waals surface area contributed by atoms with Crippen LogP contribution in [0, 0.1) is 0 Å². The van der Waals surface area contributed by atoms with Crippen molar-refractivity contribution in [3.05, 3.63) is 20.8 Å². The zero-order valence-corrected chi connectivity index (χ0v) is 7.68. The molecule has 0 saturated heterocycles. The van der Waals surface area contributed by atoms with Gasteiger partial charge in [-0.2, -0.15) is 0 Å². The molecule has 75 valence electrons. The first kappa shape index (κ1) is 8.82. The zero-order valence-electron chi connectivity index (χ0n) is 7.68. The Kier molecular flexibility index (Phi) is 1.65. The summed E-state index contributed by atoms with van der Waals surface area (Å²) in [6, 6.07) is 0. The number of aliphatic hydroxyl groups is 1. The first-order valence-corrected chi connectivity index (χ1v) is 3.97. The van der Waals surface area contributed by atoms with E-state index in [1.807, 2.05) is 0 Å². The summed E-state index contributed by atoms with van der Waals surface area (Å²) in [6.45, 7) is 0. The van der Waals surface area contributed by atoms with E-state index in [2.05, 4.69) is 10.3 Å². The standard InChI is InChI=1S/C7H9N4O3/c1-10-3-4(8-6(10)13)11(2)7(14)9-5(3)12/h6,13H,1-2H3,(H,9,12,14). The zero-order chi connectivity index (χ0) is 10.5. The van der Waals surface area contributed by atoms with Crippen LogP contribution >= 0.6 is 0 Å². The Balaban J connectivity index is 2.80. The third kappa shape index (κ3) is 0.956. The molecule has 2 rings (SSSR count). The van der Waals surface area contributed by atoms with Crippen molar-refractivity contribution in [1.82, 2.24) is 14.9 Å². The Labute approximate surface area is 78.6 Å². The van der Waals surface area contributed by atoms with E-state index in [4.69, 9.17) is 0 Å². The number of anilines is 1. The van der Waals surface area contributed by atoms with E-state index >= 15 is 0 Å². The molecule has 1 atom stereocenters. The molecule has 1 aromatic rings. The molecule has 1 radical (unpaired) electrons. The summed E-state index contributed by atoms with van der Waals surface area (Å²) in [4.78, 5) is 25.9. The molecule has 1 aliphatic rings. The van der Waals surface area contributed by atoms with Crippen molar-refractivity contribution in [2.45, 2.75) is 6.35 Å². The predicted octanol–water partition coefficient (Wildman–Crippen LogP) is -1.96. The summed E-state index contributed by atoms with van der Waals surface area (Å²) < 4.78 is 1.18. The van der Waals surface area contributed by atoms with Crippen molar-refractivity contribution in [3.63, 3.8) is 0 Å². The first-order chi connectivity index (χ1) is 6.52. The molecule has 0 saturated carbocycles. The molecule has 7 nitrogen and oxygen atoms in total. The van der Waals surface area contributed by atoms with Gasteiger partial charge < -0.3 is 10.0 Å². The topological polar surface area (TPSA) is 92.4 Å². The van der Waals surface area contributed by atoms with Crippen molar-refractivity contribution >= 4 is 11.5 Å². The number of nitrogens with zero attached hydrogens (tertiary/aromatic N) is 3.